The van der Waals surface area contributed by atoms with Crippen molar-refractivity contribution in [3.05, 3.63) is 133 Å². The number of furan rings is 1. The van der Waals surface area contributed by atoms with Crippen molar-refractivity contribution in [2.45, 2.75) is 84.9 Å². The van der Waals surface area contributed by atoms with E-state index in [0.29, 0.717) is 17.5 Å². The molecule has 3 aromatic carbocycles. The summed E-state index contributed by atoms with van der Waals surface area (Å²) < 4.78 is 6.27. The van der Waals surface area contributed by atoms with Crippen molar-refractivity contribution in [3.8, 4) is 33.8 Å². The monoisotopic (exact) mass is 906 g/mol. The SMILES string of the molecule is CC(C)C(C)c1ccnc(-c2[c-]ccc3c2oc2nc(-c4ccccc4)ccc23)c1.C[Si](C)(C)c1cnc(-c2[c-]cccc2)cc1CC1CCCCC1.[Ir]. The molecule has 4 nitrogen and oxygen atoms in total. The maximum absolute atomic E-state index is 6.27. The molecule has 0 aliphatic heterocycles. The van der Waals surface area contributed by atoms with E-state index in [9.17, 15) is 0 Å². The first-order valence-corrected chi connectivity index (χ1v) is 22.9. The van der Waals surface area contributed by atoms with Gasteiger partial charge in [0.25, 0.3) is 0 Å². The second-order valence-electron chi connectivity index (χ2n) is 16.1. The van der Waals surface area contributed by atoms with Crippen molar-refractivity contribution < 1.29 is 24.5 Å². The molecule has 1 aliphatic carbocycles. The van der Waals surface area contributed by atoms with E-state index >= 15 is 0 Å². The second-order valence-corrected chi connectivity index (χ2v) is 21.1. The number of rotatable bonds is 8. The van der Waals surface area contributed by atoms with Crippen LogP contribution in [0.5, 0.6) is 0 Å². The van der Waals surface area contributed by atoms with Crippen molar-refractivity contribution in [1.82, 2.24) is 15.0 Å². The van der Waals surface area contributed by atoms with Crippen LogP contribution in [0.25, 0.3) is 55.8 Å². The first kappa shape index (κ1) is 39.5. The number of aromatic nitrogens is 3. The van der Waals surface area contributed by atoms with Crippen LogP contribution in [0.15, 0.2) is 114 Å². The van der Waals surface area contributed by atoms with Crippen molar-refractivity contribution in [1.29, 1.82) is 0 Å². The molecule has 1 atom stereocenters. The van der Waals surface area contributed by atoms with Gasteiger partial charge in [0, 0.05) is 43.4 Å². The molecule has 0 bridgehead atoms. The Kier molecular flexibility index (Phi) is 12.8. The Morgan fingerprint density at radius 2 is 1.54 bits per heavy atom. The van der Waals surface area contributed by atoms with Crippen LogP contribution in [0.4, 0.5) is 0 Å². The normalized spacial score (nSPS) is 14.1. The Labute approximate surface area is 336 Å². The van der Waals surface area contributed by atoms with Crippen LogP contribution in [-0.4, -0.2) is 23.0 Å². The second kappa shape index (κ2) is 17.5. The molecule has 4 aromatic heterocycles. The Balaban J connectivity index is 0.000000187. The topological polar surface area (TPSA) is 51.8 Å². The van der Waals surface area contributed by atoms with Gasteiger partial charge < -0.3 is 14.4 Å². The zero-order valence-corrected chi connectivity index (χ0v) is 35.8. The quantitative estimate of drug-likeness (QED) is 0.113. The number of benzene rings is 3. The van der Waals surface area contributed by atoms with Gasteiger partial charge in [0.1, 0.15) is 0 Å². The number of hydrogen-bond acceptors (Lipinski definition) is 4. The molecule has 6 heteroatoms. The average Bonchev–Trinajstić information content (AvgIpc) is 3.57. The molecule has 54 heavy (non-hydrogen) atoms. The fraction of sp³-hybridized carbons (Fsp3) is 0.312. The van der Waals surface area contributed by atoms with Crippen molar-refractivity contribution >= 4 is 35.3 Å². The van der Waals surface area contributed by atoms with E-state index in [2.05, 4.69) is 112 Å². The molecule has 1 aliphatic rings. The summed E-state index contributed by atoms with van der Waals surface area (Å²) in [6.45, 7) is 14.0. The summed E-state index contributed by atoms with van der Waals surface area (Å²) >= 11 is 0. The average molecular weight is 906 g/mol. The van der Waals surface area contributed by atoms with Gasteiger partial charge in [0.2, 0.25) is 5.71 Å². The standard InChI is InChI=1S/C27H23N2O.C21H28NSi.Ir/c1-17(2)18(3)20-14-15-28-25(16-20)23-11-7-10-21-22-12-13-24(19-8-5-4-6-9-19)29-27(22)30-26(21)23;1-23(2,3)21-16-22-20(18-12-8-5-9-13-18)15-19(21)14-17-10-6-4-7-11-17;/h4-10,12-18H,1-3H3;5,8-9,12,15-17H,4,6-7,10-11,14H2,1-3H3;/q2*-1;. The van der Waals surface area contributed by atoms with Crippen LogP contribution in [0.3, 0.4) is 0 Å². The third-order valence-electron chi connectivity index (χ3n) is 11.0. The number of pyridine rings is 3. The molecule has 1 saturated carbocycles. The largest absolute Gasteiger partial charge is 0.486 e. The van der Waals surface area contributed by atoms with Gasteiger partial charge in [-0.05, 0) is 58.9 Å². The van der Waals surface area contributed by atoms with Crippen LogP contribution in [0.2, 0.25) is 19.6 Å². The summed E-state index contributed by atoms with van der Waals surface area (Å²) in [5.74, 6) is 1.89. The van der Waals surface area contributed by atoms with Gasteiger partial charge in [0.05, 0.1) is 19.4 Å². The van der Waals surface area contributed by atoms with Crippen LogP contribution >= 0.6 is 0 Å². The number of fused-ring (bicyclic) bond motifs is 3. The Bertz CT molecular complexity index is 2290. The number of hydrogen-bond donors (Lipinski definition) is 0. The first-order chi connectivity index (χ1) is 25.7. The Hall–Kier alpha value is -4.22. The van der Waals surface area contributed by atoms with Gasteiger partial charge in [-0.1, -0.05) is 137 Å². The molecule has 4 heterocycles. The zero-order chi connectivity index (χ0) is 37.0. The van der Waals surface area contributed by atoms with E-state index in [4.69, 9.17) is 14.4 Å². The van der Waals surface area contributed by atoms with Crippen LogP contribution in [0.1, 0.15) is 69.9 Å². The third-order valence-corrected chi connectivity index (χ3v) is 13.0. The zero-order valence-electron chi connectivity index (χ0n) is 32.5. The molecule has 0 amide bonds. The summed E-state index contributed by atoms with van der Waals surface area (Å²) in [4.78, 5) is 14.2. The van der Waals surface area contributed by atoms with Gasteiger partial charge in [-0.25, -0.2) is 4.98 Å². The predicted octanol–water partition coefficient (Wildman–Crippen LogP) is 12.5. The van der Waals surface area contributed by atoms with E-state index in [-0.39, 0.29) is 20.1 Å². The smallest absolute Gasteiger partial charge is 0.216 e. The van der Waals surface area contributed by atoms with E-state index in [1.807, 2.05) is 54.7 Å². The van der Waals surface area contributed by atoms with Gasteiger partial charge in [-0.15, -0.1) is 54.1 Å². The van der Waals surface area contributed by atoms with Crippen molar-refractivity contribution in [2.24, 2.45) is 11.8 Å². The van der Waals surface area contributed by atoms with E-state index in [0.717, 1.165) is 56.0 Å². The molecule has 0 saturated heterocycles. The molecule has 1 unspecified atom stereocenters. The molecule has 1 radical (unpaired) electrons. The Morgan fingerprint density at radius 3 is 2.26 bits per heavy atom. The molecular formula is C48H51IrN3OSi-2. The molecule has 279 valence electrons. The molecule has 1 fully saturated rings. The predicted molar refractivity (Wildman–Crippen MR) is 224 cm³/mol. The van der Waals surface area contributed by atoms with Gasteiger partial charge in [0.15, 0.2) is 0 Å². The molecule has 8 rings (SSSR count). The summed E-state index contributed by atoms with van der Waals surface area (Å²) in [7, 11) is -1.36. The Morgan fingerprint density at radius 1 is 0.759 bits per heavy atom. The molecule has 0 spiro atoms. The maximum Gasteiger partial charge on any atom is 0.216 e. The van der Waals surface area contributed by atoms with Crippen LogP contribution < -0.4 is 5.19 Å². The number of nitrogens with zero attached hydrogens (tertiary/aromatic N) is 3. The van der Waals surface area contributed by atoms with Crippen LogP contribution in [-0.2, 0) is 26.5 Å². The minimum Gasteiger partial charge on any atom is -0.486 e. The summed E-state index contributed by atoms with van der Waals surface area (Å²) in [5, 5.41) is 3.59. The van der Waals surface area contributed by atoms with Gasteiger partial charge in [-0.2, -0.15) is 0 Å². The summed E-state index contributed by atoms with van der Waals surface area (Å²) in [5.41, 5.74) is 10.2. The minimum absolute atomic E-state index is 0. The molecular weight excluding hydrogens is 855 g/mol. The molecule has 0 N–H and O–H groups in total. The fourth-order valence-corrected chi connectivity index (χ4v) is 9.17. The third kappa shape index (κ3) is 9.00. The van der Waals surface area contributed by atoms with E-state index in [1.54, 1.807) is 10.8 Å². The minimum atomic E-state index is -1.36. The van der Waals surface area contributed by atoms with Crippen molar-refractivity contribution in [2.75, 3.05) is 0 Å². The van der Waals surface area contributed by atoms with Gasteiger partial charge >= 0.3 is 0 Å². The summed E-state index contributed by atoms with van der Waals surface area (Å²) in [6.07, 6.45) is 12.3. The maximum atomic E-state index is 6.27. The van der Waals surface area contributed by atoms with Gasteiger partial charge in [-0.3, -0.25) is 0 Å². The van der Waals surface area contributed by atoms with Crippen molar-refractivity contribution in [3.63, 3.8) is 0 Å². The first-order valence-electron chi connectivity index (χ1n) is 19.4. The summed E-state index contributed by atoms with van der Waals surface area (Å²) in [6, 6.07) is 39.7. The van der Waals surface area contributed by atoms with E-state index in [1.165, 1.54) is 44.1 Å². The van der Waals surface area contributed by atoms with E-state index < -0.39 is 8.07 Å². The molecule has 7 aromatic rings. The fourth-order valence-electron chi connectivity index (χ4n) is 7.58. The van der Waals surface area contributed by atoms with Crippen LogP contribution in [0, 0.1) is 24.0 Å².